The Balaban J connectivity index is 2.10. The summed E-state index contributed by atoms with van der Waals surface area (Å²) < 4.78 is 0. The highest BCUT2D eigenvalue weighted by Gasteiger charge is 2.18. The summed E-state index contributed by atoms with van der Waals surface area (Å²) in [5.74, 6) is -0.130. The molecule has 3 nitrogen and oxygen atoms in total. The van der Waals surface area contributed by atoms with Crippen LogP contribution in [0.3, 0.4) is 0 Å². The van der Waals surface area contributed by atoms with Crippen LogP contribution in [0, 0.1) is 0 Å². The molecule has 0 atom stereocenters. The van der Waals surface area contributed by atoms with Gasteiger partial charge in [-0.2, -0.15) is 0 Å². The van der Waals surface area contributed by atoms with E-state index in [1.54, 1.807) is 6.07 Å². The Hall–Kier alpha value is -0.850. The lowest BCUT2D eigenvalue weighted by Gasteiger charge is -2.14. The number of thiazole rings is 1. The maximum atomic E-state index is 11.9. The molecule has 96 valence electrons. The second kappa shape index (κ2) is 5.03. The summed E-state index contributed by atoms with van der Waals surface area (Å²) in [4.78, 5) is 17.8. The first kappa shape index (κ1) is 13.6. The zero-order chi connectivity index (χ0) is 13.3. The van der Waals surface area contributed by atoms with Crippen LogP contribution in [0.25, 0.3) is 0 Å². The molecule has 0 bridgehead atoms. The number of hydrogen-bond donors (Lipinski definition) is 2. The predicted molar refractivity (Wildman–Crippen MR) is 80.3 cm³/mol. The highest BCUT2D eigenvalue weighted by Crippen LogP contribution is 2.27. The van der Waals surface area contributed by atoms with Crippen molar-refractivity contribution in [2.75, 3.05) is 5.32 Å². The van der Waals surface area contributed by atoms with Crippen molar-refractivity contribution < 1.29 is 4.79 Å². The van der Waals surface area contributed by atoms with Crippen LogP contribution in [0.5, 0.6) is 0 Å². The standard InChI is InChI=1S/C12H14N2OS3/c1-12(2,3)9-6-18-11(13-9)14-10(15)8-4-7(16)5-17-8/h4-6,16H,1-3H3,(H,13,14,15). The molecule has 0 saturated carbocycles. The van der Waals surface area contributed by atoms with Crippen LogP contribution in [0.4, 0.5) is 5.13 Å². The largest absolute Gasteiger partial charge is 0.297 e. The number of nitrogens with one attached hydrogen (secondary N) is 1. The summed E-state index contributed by atoms with van der Waals surface area (Å²) in [6.07, 6.45) is 0. The zero-order valence-corrected chi connectivity index (χ0v) is 12.9. The molecule has 6 heteroatoms. The zero-order valence-electron chi connectivity index (χ0n) is 10.4. The second-order valence-corrected chi connectivity index (χ2v) is 7.20. The summed E-state index contributed by atoms with van der Waals surface area (Å²) in [7, 11) is 0. The Morgan fingerprint density at radius 1 is 1.33 bits per heavy atom. The average molecular weight is 298 g/mol. The summed E-state index contributed by atoms with van der Waals surface area (Å²) >= 11 is 7.01. The smallest absolute Gasteiger partial charge is 0.267 e. The maximum absolute atomic E-state index is 11.9. The van der Waals surface area contributed by atoms with Crippen LogP contribution in [0.15, 0.2) is 21.7 Å². The number of carbonyl (C=O) groups is 1. The molecule has 0 aliphatic heterocycles. The van der Waals surface area contributed by atoms with Gasteiger partial charge in [0.25, 0.3) is 5.91 Å². The van der Waals surface area contributed by atoms with Gasteiger partial charge in [0, 0.05) is 21.1 Å². The van der Waals surface area contributed by atoms with E-state index in [9.17, 15) is 4.79 Å². The lowest BCUT2D eigenvalue weighted by Crippen LogP contribution is -2.13. The van der Waals surface area contributed by atoms with E-state index < -0.39 is 0 Å². The number of carbonyl (C=O) groups excluding carboxylic acids is 1. The monoisotopic (exact) mass is 298 g/mol. The van der Waals surface area contributed by atoms with E-state index in [4.69, 9.17) is 0 Å². The fourth-order valence-corrected chi connectivity index (χ4v) is 3.26. The summed E-state index contributed by atoms with van der Waals surface area (Å²) in [5, 5.41) is 7.26. The molecule has 0 unspecified atom stereocenters. The molecule has 0 fully saturated rings. The second-order valence-electron chi connectivity index (χ2n) is 4.91. The topological polar surface area (TPSA) is 42.0 Å². The molecule has 0 aliphatic carbocycles. The highest BCUT2D eigenvalue weighted by atomic mass is 32.1. The molecule has 0 spiro atoms. The van der Waals surface area contributed by atoms with Gasteiger partial charge in [-0.25, -0.2) is 4.98 Å². The number of rotatable bonds is 2. The number of thiophene rings is 1. The fraction of sp³-hybridized carbons (Fsp3) is 0.333. The molecular weight excluding hydrogens is 284 g/mol. The van der Waals surface area contributed by atoms with Crippen molar-refractivity contribution in [1.29, 1.82) is 0 Å². The van der Waals surface area contributed by atoms with Gasteiger partial charge in [0.15, 0.2) is 5.13 Å². The van der Waals surface area contributed by atoms with Crippen molar-refractivity contribution in [3.63, 3.8) is 0 Å². The summed E-state index contributed by atoms with van der Waals surface area (Å²) in [6, 6.07) is 1.75. The van der Waals surface area contributed by atoms with Gasteiger partial charge >= 0.3 is 0 Å². The van der Waals surface area contributed by atoms with Crippen molar-refractivity contribution in [3.8, 4) is 0 Å². The van der Waals surface area contributed by atoms with Crippen LogP contribution in [0.1, 0.15) is 36.1 Å². The van der Waals surface area contributed by atoms with Gasteiger partial charge in [-0.3, -0.25) is 10.1 Å². The Bertz CT molecular complexity index is 566. The van der Waals surface area contributed by atoms with Crippen molar-refractivity contribution in [3.05, 3.63) is 27.4 Å². The summed E-state index contributed by atoms with van der Waals surface area (Å²) in [6.45, 7) is 6.29. The SMILES string of the molecule is CC(C)(C)c1csc(NC(=O)c2cc(S)cs2)n1. The molecule has 2 rings (SSSR count). The van der Waals surface area contributed by atoms with Gasteiger partial charge in [0.2, 0.25) is 0 Å². The Labute approximate surface area is 120 Å². The number of aromatic nitrogens is 1. The minimum Gasteiger partial charge on any atom is -0.297 e. The Morgan fingerprint density at radius 3 is 2.56 bits per heavy atom. The Morgan fingerprint density at radius 2 is 2.06 bits per heavy atom. The number of hydrogen-bond acceptors (Lipinski definition) is 5. The van der Waals surface area contributed by atoms with Crippen LogP contribution in [-0.4, -0.2) is 10.9 Å². The number of amides is 1. The normalized spacial score (nSPS) is 11.6. The molecule has 0 aliphatic rings. The molecule has 2 heterocycles. The minimum atomic E-state index is -0.130. The quantitative estimate of drug-likeness (QED) is 0.822. The first-order valence-corrected chi connectivity index (χ1v) is 7.62. The maximum Gasteiger partial charge on any atom is 0.267 e. The van der Waals surface area contributed by atoms with Crippen LogP contribution in [0.2, 0.25) is 0 Å². The van der Waals surface area contributed by atoms with Gasteiger partial charge in [-0.1, -0.05) is 20.8 Å². The van der Waals surface area contributed by atoms with Crippen LogP contribution < -0.4 is 5.32 Å². The lowest BCUT2D eigenvalue weighted by molar-refractivity contribution is 0.103. The molecule has 0 aromatic carbocycles. The van der Waals surface area contributed by atoms with E-state index in [1.807, 2.05) is 10.8 Å². The fourth-order valence-electron chi connectivity index (χ4n) is 1.28. The third-order valence-electron chi connectivity index (χ3n) is 2.30. The number of thiol groups is 1. The minimum absolute atomic E-state index is 0.000672. The van der Waals surface area contributed by atoms with E-state index in [1.165, 1.54) is 22.7 Å². The van der Waals surface area contributed by atoms with Gasteiger partial charge in [-0.15, -0.1) is 35.3 Å². The summed E-state index contributed by atoms with van der Waals surface area (Å²) in [5.41, 5.74) is 0.990. The predicted octanol–water partition coefficient (Wildman–Crippen LogP) is 4.04. The molecule has 1 N–H and O–H groups in total. The van der Waals surface area contributed by atoms with Gasteiger partial charge in [0.05, 0.1) is 10.6 Å². The molecular formula is C12H14N2OS3. The van der Waals surface area contributed by atoms with Crippen LogP contribution in [-0.2, 0) is 5.41 Å². The van der Waals surface area contributed by atoms with Crippen molar-refractivity contribution in [2.24, 2.45) is 0 Å². The first-order chi connectivity index (χ1) is 8.36. The van der Waals surface area contributed by atoms with E-state index in [0.717, 1.165) is 10.6 Å². The third-order valence-corrected chi connectivity index (χ3v) is 4.42. The highest BCUT2D eigenvalue weighted by molar-refractivity contribution is 7.80. The van der Waals surface area contributed by atoms with Crippen molar-refractivity contribution in [1.82, 2.24) is 4.98 Å². The Kier molecular flexibility index (Phi) is 3.79. The van der Waals surface area contributed by atoms with E-state index in [-0.39, 0.29) is 11.3 Å². The average Bonchev–Trinajstić information content (AvgIpc) is 2.85. The molecule has 2 aromatic rings. The van der Waals surface area contributed by atoms with E-state index >= 15 is 0 Å². The molecule has 1 amide bonds. The van der Waals surface area contributed by atoms with E-state index in [0.29, 0.717) is 10.0 Å². The lowest BCUT2D eigenvalue weighted by atomic mass is 9.93. The van der Waals surface area contributed by atoms with E-state index in [2.05, 4.69) is 43.7 Å². The van der Waals surface area contributed by atoms with Crippen LogP contribution >= 0.6 is 35.3 Å². The number of nitrogens with zero attached hydrogens (tertiary/aromatic N) is 1. The molecule has 0 radical (unpaired) electrons. The first-order valence-electron chi connectivity index (χ1n) is 5.41. The molecule has 2 aromatic heterocycles. The third kappa shape index (κ3) is 3.13. The van der Waals surface area contributed by atoms with Gasteiger partial charge in [0.1, 0.15) is 0 Å². The molecule has 18 heavy (non-hydrogen) atoms. The van der Waals surface area contributed by atoms with Gasteiger partial charge < -0.3 is 0 Å². The van der Waals surface area contributed by atoms with Crippen molar-refractivity contribution >= 4 is 46.3 Å². The van der Waals surface area contributed by atoms with Gasteiger partial charge in [-0.05, 0) is 6.07 Å². The van der Waals surface area contributed by atoms with Crippen molar-refractivity contribution in [2.45, 2.75) is 31.1 Å². The number of anilines is 1. The molecule has 0 saturated heterocycles.